The summed E-state index contributed by atoms with van der Waals surface area (Å²) in [5.74, 6) is -3.00. The van der Waals surface area contributed by atoms with Crippen LogP contribution in [0, 0.1) is 11.8 Å². The molecule has 5 N–H and O–H groups in total. The maximum absolute atomic E-state index is 14.1. The number of likely N-dealkylation sites (N-methyl/N-ethyl adjacent to an activating group) is 1. The Morgan fingerprint density at radius 3 is 2.08 bits per heavy atom. The van der Waals surface area contributed by atoms with Gasteiger partial charge >= 0.3 is 12.5 Å². The molecule has 2 aromatic rings. The molecular weight excluding hydrogens is 683 g/mol. The number of nitrogens with one attached hydrogen (secondary N) is 4. The number of piperidine rings is 1. The topological polar surface area (TPSA) is 158 Å². The number of hydrogen-bond acceptors (Lipinski definition) is 8. The molecule has 1 heterocycles. The van der Waals surface area contributed by atoms with Gasteiger partial charge in [-0.25, -0.2) is 4.79 Å². The summed E-state index contributed by atoms with van der Waals surface area (Å²) >= 11 is 0. The molecule has 2 aromatic carbocycles. The highest BCUT2D eigenvalue weighted by atomic mass is 19.4. The molecule has 3 unspecified atom stereocenters. The van der Waals surface area contributed by atoms with Crippen LogP contribution in [0.25, 0.3) is 0 Å². The molecule has 1 aliphatic heterocycles. The van der Waals surface area contributed by atoms with E-state index in [1.54, 1.807) is 29.2 Å². The number of alkyl halides is 3. The fourth-order valence-electron chi connectivity index (χ4n) is 6.18. The van der Waals surface area contributed by atoms with E-state index < -0.39 is 60.2 Å². The number of nitrogens with zero attached hydrogens (tertiary/aromatic N) is 1. The van der Waals surface area contributed by atoms with E-state index in [4.69, 9.17) is 4.74 Å². The van der Waals surface area contributed by atoms with Crippen molar-refractivity contribution in [2.45, 2.75) is 96.5 Å². The van der Waals surface area contributed by atoms with Gasteiger partial charge in [0.2, 0.25) is 11.8 Å². The Kier molecular flexibility index (Phi) is 16.2. The first kappa shape index (κ1) is 42.0. The summed E-state index contributed by atoms with van der Waals surface area (Å²) in [6.07, 6.45) is -6.83. The summed E-state index contributed by atoms with van der Waals surface area (Å²) in [5, 5.41) is 23.0. The third kappa shape index (κ3) is 13.6. The molecular formula is C37H52F3N5O7. The highest BCUT2D eigenvalue weighted by Gasteiger charge is 2.35. The van der Waals surface area contributed by atoms with Crippen LogP contribution in [-0.4, -0.2) is 97.2 Å². The number of carbonyl (C=O) groups is 4. The molecule has 5 atom stereocenters. The molecule has 288 valence electrons. The Balaban J connectivity index is 1.87. The molecule has 52 heavy (non-hydrogen) atoms. The number of halogens is 3. The highest BCUT2D eigenvalue weighted by Crippen LogP contribution is 2.25. The van der Waals surface area contributed by atoms with E-state index in [1.807, 2.05) is 26.8 Å². The second-order valence-electron chi connectivity index (χ2n) is 13.4. The van der Waals surface area contributed by atoms with Crippen molar-refractivity contribution < 1.29 is 46.9 Å². The van der Waals surface area contributed by atoms with Crippen LogP contribution in [0.15, 0.2) is 54.6 Å². The van der Waals surface area contributed by atoms with E-state index in [2.05, 4.69) is 26.0 Å². The van der Waals surface area contributed by atoms with E-state index in [9.17, 15) is 37.5 Å². The van der Waals surface area contributed by atoms with Crippen molar-refractivity contribution in [1.82, 2.24) is 26.2 Å². The van der Waals surface area contributed by atoms with Gasteiger partial charge in [-0.15, -0.1) is 13.2 Å². The van der Waals surface area contributed by atoms with E-state index in [1.165, 1.54) is 26.1 Å². The average Bonchev–Trinajstić information content (AvgIpc) is 3.10. The number of alkyl carbamates (subject to hydrolysis) is 1. The minimum atomic E-state index is -4.88. The van der Waals surface area contributed by atoms with Gasteiger partial charge in [-0.2, -0.15) is 0 Å². The zero-order valence-corrected chi connectivity index (χ0v) is 30.4. The third-order valence-electron chi connectivity index (χ3n) is 9.03. The Hall–Kier alpha value is -4.37. The third-order valence-corrected chi connectivity index (χ3v) is 9.03. The zero-order chi connectivity index (χ0) is 38.4. The summed E-state index contributed by atoms with van der Waals surface area (Å²) in [6.45, 7) is 8.96. The number of carbonyl (C=O) groups excluding carboxylic acids is 4. The van der Waals surface area contributed by atoms with Gasteiger partial charge in [0, 0.05) is 32.1 Å². The lowest BCUT2D eigenvalue weighted by Gasteiger charge is -2.36. The Morgan fingerprint density at radius 1 is 0.904 bits per heavy atom. The van der Waals surface area contributed by atoms with Crippen LogP contribution in [0.4, 0.5) is 18.0 Å². The highest BCUT2D eigenvalue weighted by molar-refractivity contribution is 5.89. The smallest absolute Gasteiger partial charge is 0.436 e. The average molecular weight is 736 g/mol. The minimum absolute atomic E-state index is 0.0154. The predicted octanol–water partition coefficient (Wildman–Crippen LogP) is 3.71. The molecule has 1 fully saturated rings. The van der Waals surface area contributed by atoms with Crippen LogP contribution in [-0.2, 0) is 32.0 Å². The van der Waals surface area contributed by atoms with Gasteiger partial charge in [-0.05, 0) is 74.8 Å². The minimum Gasteiger partial charge on any atom is -0.436 e. The van der Waals surface area contributed by atoms with Crippen molar-refractivity contribution in [3.8, 4) is 5.75 Å². The van der Waals surface area contributed by atoms with Crippen LogP contribution in [0.1, 0.15) is 58.1 Å². The van der Waals surface area contributed by atoms with E-state index >= 15 is 0 Å². The van der Waals surface area contributed by atoms with Gasteiger partial charge in [0.15, 0.2) is 6.10 Å². The Labute approximate surface area is 303 Å². The normalized spacial score (nSPS) is 16.6. The molecule has 15 heteroatoms. The quantitative estimate of drug-likeness (QED) is 0.165. The Morgan fingerprint density at radius 2 is 1.52 bits per heavy atom. The fourth-order valence-corrected chi connectivity index (χ4v) is 6.18. The molecule has 4 amide bonds. The van der Waals surface area contributed by atoms with Crippen LogP contribution >= 0.6 is 0 Å². The number of rotatable bonds is 17. The molecule has 0 spiro atoms. The van der Waals surface area contributed by atoms with Gasteiger partial charge in [0.1, 0.15) is 11.8 Å². The number of amides is 4. The molecule has 0 radical (unpaired) electrons. The van der Waals surface area contributed by atoms with Crippen molar-refractivity contribution >= 4 is 23.8 Å². The number of ether oxygens (including phenoxy) is 2. The molecule has 0 aromatic heterocycles. The molecule has 3 rings (SSSR count). The van der Waals surface area contributed by atoms with E-state index in [0.717, 1.165) is 37.1 Å². The summed E-state index contributed by atoms with van der Waals surface area (Å²) in [5.41, 5.74) is 1.24. The van der Waals surface area contributed by atoms with Crippen molar-refractivity contribution in [3.63, 3.8) is 0 Å². The summed E-state index contributed by atoms with van der Waals surface area (Å²) in [6, 6.07) is 12.5. The summed E-state index contributed by atoms with van der Waals surface area (Å²) in [4.78, 5) is 54.4. The first-order valence-electron chi connectivity index (χ1n) is 17.7. The van der Waals surface area contributed by atoms with E-state index in [-0.39, 0.29) is 31.1 Å². The largest absolute Gasteiger partial charge is 0.573 e. The lowest BCUT2D eigenvalue weighted by Crippen LogP contribution is -2.55. The number of likely N-dealkylation sites (tertiary alicyclic amines) is 1. The molecule has 1 aliphatic rings. The second-order valence-corrected chi connectivity index (χ2v) is 13.4. The standard InChI is InChI=1S/C37H52F3N5O7/c1-6-42-28-16-18-45(19-17-28)35(49)32(23(2)3)44-34(48)27(20-26-12-14-29(15-13-26)52-37(38,39)40)22-31(46)30(21-25-10-8-7-9-11-25)43-36(50)51-24(4)33(47)41-5/h7-15,23-24,27-28,30-32,42,46H,6,16-22H2,1-5H3,(H,41,47)(H,43,50)(H,44,48)/t24-,27?,30?,31?,32-/m0/s1. The zero-order valence-electron chi connectivity index (χ0n) is 30.4. The number of benzene rings is 2. The number of aliphatic hydroxyl groups excluding tert-OH is 1. The van der Waals surface area contributed by atoms with Gasteiger partial charge in [-0.1, -0.05) is 63.2 Å². The van der Waals surface area contributed by atoms with Gasteiger partial charge in [0.05, 0.1) is 12.1 Å². The molecule has 0 bridgehead atoms. The lowest BCUT2D eigenvalue weighted by atomic mass is 9.88. The SMILES string of the molecule is CCNC1CCN(C(=O)[C@@H](NC(=O)C(Cc2ccc(OC(F)(F)F)cc2)CC(O)C(Cc2ccccc2)NC(=O)O[C@@H](C)C(=O)NC)C(C)C)CC1. The summed E-state index contributed by atoms with van der Waals surface area (Å²) in [7, 11) is 1.40. The molecule has 0 aliphatic carbocycles. The molecule has 0 saturated carbocycles. The fraction of sp³-hybridized carbons (Fsp3) is 0.568. The van der Waals surface area contributed by atoms with Gasteiger partial charge in [-0.3, -0.25) is 14.4 Å². The first-order valence-corrected chi connectivity index (χ1v) is 17.7. The molecule has 1 saturated heterocycles. The first-order chi connectivity index (χ1) is 24.6. The number of hydrogen-bond donors (Lipinski definition) is 5. The van der Waals surface area contributed by atoms with Crippen LogP contribution in [0.2, 0.25) is 0 Å². The Bertz CT molecular complexity index is 1440. The number of aliphatic hydroxyl groups is 1. The maximum Gasteiger partial charge on any atom is 0.573 e. The molecule has 12 nitrogen and oxygen atoms in total. The van der Waals surface area contributed by atoms with E-state index in [0.29, 0.717) is 24.7 Å². The second kappa shape index (κ2) is 20.0. The van der Waals surface area contributed by atoms with Crippen LogP contribution in [0.5, 0.6) is 5.75 Å². The van der Waals surface area contributed by atoms with Gasteiger partial charge < -0.3 is 40.7 Å². The van der Waals surface area contributed by atoms with Gasteiger partial charge in [0.25, 0.3) is 5.91 Å². The van der Waals surface area contributed by atoms with Crippen LogP contribution in [0.3, 0.4) is 0 Å². The van der Waals surface area contributed by atoms with Crippen molar-refractivity contribution in [1.29, 1.82) is 0 Å². The van der Waals surface area contributed by atoms with Crippen molar-refractivity contribution in [3.05, 3.63) is 65.7 Å². The van der Waals surface area contributed by atoms with Crippen molar-refractivity contribution in [2.24, 2.45) is 11.8 Å². The monoisotopic (exact) mass is 735 g/mol. The van der Waals surface area contributed by atoms with Crippen LogP contribution < -0.4 is 26.0 Å². The maximum atomic E-state index is 14.1. The summed E-state index contributed by atoms with van der Waals surface area (Å²) < 4.78 is 47.6. The lowest BCUT2D eigenvalue weighted by molar-refractivity contribution is -0.274. The predicted molar refractivity (Wildman–Crippen MR) is 188 cm³/mol. The van der Waals surface area contributed by atoms with Crippen molar-refractivity contribution in [2.75, 3.05) is 26.7 Å².